The maximum atomic E-state index is 9.23. The first-order valence-corrected chi connectivity index (χ1v) is 14.5. The molecule has 32 heavy (non-hydrogen) atoms. The highest BCUT2D eigenvalue weighted by Gasteiger charge is 2.00. The maximum absolute atomic E-state index is 9.23. The molecule has 0 bridgehead atoms. The molecule has 0 aromatic carbocycles. The van der Waals surface area contributed by atoms with Crippen LogP contribution >= 0.6 is 0 Å². The van der Waals surface area contributed by atoms with Crippen molar-refractivity contribution >= 4 is 0 Å². The molecule has 0 spiro atoms. The molecule has 0 aromatic rings. The highest BCUT2D eigenvalue weighted by atomic mass is 16.3. The number of unbranched alkanes of at least 4 members (excludes halogenated alkanes) is 21. The fraction of sp³-hybridized carbons (Fsp3) is 0.931. The lowest BCUT2D eigenvalue weighted by atomic mass is 10.0. The third kappa shape index (κ3) is 25.9. The van der Waals surface area contributed by atoms with Gasteiger partial charge in [-0.15, -0.1) is 0 Å². The van der Waals surface area contributed by atoms with Gasteiger partial charge in [0, 0.05) is 12.6 Å². The summed E-state index contributed by atoms with van der Waals surface area (Å²) in [5.41, 5.74) is 0. The van der Waals surface area contributed by atoms with E-state index >= 15 is 0 Å². The van der Waals surface area contributed by atoms with Gasteiger partial charge in [0.1, 0.15) is 0 Å². The van der Waals surface area contributed by atoms with E-state index in [-0.39, 0.29) is 19.3 Å². The normalized spacial score (nSPS) is 12.7. The van der Waals surface area contributed by atoms with Crippen molar-refractivity contribution in [3.05, 3.63) is 12.2 Å². The van der Waals surface area contributed by atoms with Crippen LogP contribution in [0.3, 0.4) is 0 Å². The van der Waals surface area contributed by atoms with Crippen molar-refractivity contribution in [2.75, 3.05) is 19.8 Å². The molecule has 3 nitrogen and oxygen atoms in total. The third-order valence-corrected chi connectivity index (χ3v) is 6.56. The fourth-order valence-corrected chi connectivity index (χ4v) is 4.40. The quantitative estimate of drug-likeness (QED) is 0.0870. The van der Waals surface area contributed by atoms with Gasteiger partial charge in [-0.05, 0) is 12.8 Å². The van der Waals surface area contributed by atoms with Crippen LogP contribution in [0.1, 0.15) is 148 Å². The van der Waals surface area contributed by atoms with Crippen molar-refractivity contribution in [3.63, 3.8) is 0 Å². The predicted octanol–water partition coefficient (Wildman–Crippen LogP) is 8.09. The first kappa shape index (κ1) is 31.6. The van der Waals surface area contributed by atoms with Gasteiger partial charge in [-0.2, -0.15) is 0 Å². The molecule has 0 rings (SSSR count). The summed E-state index contributed by atoms with van der Waals surface area (Å²) in [6, 6.07) is -0.0166. The second-order valence-corrected chi connectivity index (χ2v) is 9.75. The smallest absolute Gasteiger partial charge is 0.0620 e. The summed E-state index contributed by atoms with van der Waals surface area (Å²) in [5.74, 6) is 0. The minimum Gasteiger partial charge on any atom is -0.395 e. The number of allylic oxidation sites excluding steroid dienone is 1. The van der Waals surface area contributed by atoms with Crippen molar-refractivity contribution in [1.29, 1.82) is 0 Å². The Bertz CT molecular complexity index is 359. The van der Waals surface area contributed by atoms with E-state index < -0.39 is 0 Å². The van der Waals surface area contributed by atoms with Crippen molar-refractivity contribution in [2.24, 2.45) is 0 Å². The molecule has 0 aliphatic rings. The van der Waals surface area contributed by atoms with E-state index in [1.54, 1.807) is 0 Å². The van der Waals surface area contributed by atoms with Crippen molar-refractivity contribution in [2.45, 2.75) is 154 Å². The molecule has 0 saturated carbocycles. The van der Waals surface area contributed by atoms with Crippen LogP contribution in [-0.4, -0.2) is 36.0 Å². The lowest BCUT2D eigenvalue weighted by molar-refractivity contribution is 0.244. The zero-order valence-corrected chi connectivity index (χ0v) is 21.8. The van der Waals surface area contributed by atoms with E-state index in [4.69, 9.17) is 5.11 Å². The van der Waals surface area contributed by atoms with Crippen LogP contribution < -0.4 is 5.32 Å². The molecule has 0 fully saturated rings. The molecular formula is C29H59NO2. The Balaban J connectivity index is 3.15. The third-order valence-electron chi connectivity index (χ3n) is 6.56. The number of nitrogens with one attached hydrogen (secondary N) is 1. The zero-order valence-electron chi connectivity index (χ0n) is 21.8. The molecule has 0 amide bonds. The first-order valence-electron chi connectivity index (χ1n) is 14.5. The number of aliphatic hydroxyl groups excluding tert-OH is 2. The molecule has 1 atom stereocenters. The predicted molar refractivity (Wildman–Crippen MR) is 142 cm³/mol. The van der Waals surface area contributed by atoms with Crippen molar-refractivity contribution < 1.29 is 10.2 Å². The zero-order chi connectivity index (χ0) is 23.4. The first-order chi connectivity index (χ1) is 15.8. The van der Waals surface area contributed by atoms with E-state index in [0.29, 0.717) is 6.54 Å². The summed E-state index contributed by atoms with van der Waals surface area (Å²) in [6.07, 6.45) is 35.2. The van der Waals surface area contributed by atoms with Crippen LogP contribution in [0.5, 0.6) is 0 Å². The van der Waals surface area contributed by atoms with Crippen LogP contribution in [0.25, 0.3) is 0 Å². The number of hydrogen-bond acceptors (Lipinski definition) is 3. The van der Waals surface area contributed by atoms with Gasteiger partial charge in [0.2, 0.25) is 0 Å². The lowest BCUT2D eigenvalue weighted by Crippen LogP contribution is -2.32. The summed E-state index contributed by atoms with van der Waals surface area (Å²) in [7, 11) is 0. The van der Waals surface area contributed by atoms with E-state index in [0.717, 1.165) is 6.42 Å². The van der Waals surface area contributed by atoms with E-state index in [1.165, 1.54) is 135 Å². The Morgan fingerprint density at radius 2 is 0.938 bits per heavy atom. The Kier molecular flexibility index (Phi) is 28.3. The molecule has 0 aliphatic carbocycles. The van der Waals surface area contributed by atoms with Gasteiger partial charge in [-0.25, -0.2) is 0 Å². The molecule has 0 heterocycles. The van der Waals surface area contributed by atoms with Gasteiger partial charge >= 0.3 is 0 Å². The molecule has 3 heteroatoms. The molecule has 3 N–H and O–H groups in total. The van der Waals surface area contributed by atoms with Crippen molar-refractivity contribution in [3.8, 4) is 0 Å². The van der Waals surface area contributed by atoms with Crippen LogP contribution in [-0.2, 0) is 0 Å². The molecule has 192 valence electrons. The molecule has 1 unspecified atom stereocenters. The van der Waals surface area contributed by atoms with Crippen molar-refractivity contribution in [1.82, 2.24) is 5.32 Å². The number of aliphatic hydroxyl groups is 2. The van der Waals surface area contributed by atoms with Crippen LogP contribution in [0.2, 0.25) is 0 Å². The highest BCUT2D eigenvalue weighted by Crippen LogP contribution is 2.15. The monoisotopic (exact) mass is 453 g/mol. The summed E-state index contributed by atoms with van der Waals surface area (Å²) in [6.45, 7) is 3.04. The van der Waals surface area contributed by atoms with Gasteiger partial charge in [-0.3, -0.25) is 0 Å². The summed E-state index contributed by atoms with van der Waals surface area (Å²) < 4.78 is 0. The second kappa shape index (κ2) is 28.7. The fourth-order valence-electron chi connectivity index (χ4n) is 4.40. The van der Waals surface area contributed by atoms with E-state index in [9.17, 15) is 5.11 Å². The lowest BCUT2D eigenvalue weighted by Gasteiger charge is -2.10. The largest absolute Gasteiger partial charge is 0.395 e. The minimum absolute atomic E-state index is 0.0166. The molecule has 0 aliphatic heterocycles. The maximum Gasteiger partial charge on any atom is 0.0620 e. The Morgan fingerprint density at radius 3 is 1.28 bits per heavy atom. The Hall–Kier alpha value is -0.380. The topological polar surface area (TPSA) is 52.5 Å². The Labute approximate surface area is 201 Å². The van der Waals surface area contributed by atoms with E-state index in [2.05, 4.69) is 18.3 Å². The van der Waals surface area contributed by atoms with Crippen LogP contribution in [0.4, 0.5) is 0 Å². The van der Waals surface area contributed by atoms with Gasteiger partial charge < -0.3 is 15.5 Å². The molecule has 0 aromatic heterocycles. The second-order valence-electron chi connectivity index (χ2n) is 9.75. The molecule has 0 saturated heterocycles. The van der Waals surface area contributed by atoms with Gasteiger partial charge in [0.15, 0.2) is 0 Å². The SMILES string of the molecule is CCCCCCCCCCCCCCCCCCCCCCC/C=C/C(CO)NCCO. The van der Waals surface area contributed by atoms with Gasteiger partial charge in [0.25, 0.3) is 0 Å². The van der Waals surface area contributed by atoms with Crippen LogP contribution in [0, 0.1) is 0 Å². The average Bonchev–Trinajstić information content (AvgIpc) is 2.81. The van der Waals surface area contributed by atoms with Crippen LogP contribution in [0.15, 0.2) is 12.2 Å². The molecule has 0 radical (unpaired) electrons. The van der Waals surface area contributed by atoms with E-state index in [1.807, 2.05) is 6.08 Å². The standard InChI is InChI=1S/C29H59NO2/c1-2-3-4-5-6-7-8-9-10-11-12-13-14-15-16-17-18-19-20-21-22-23-24-25-29(28-32)30-26-27-31/h24-25,29-32H,2-23,26-28H2,1H3/b25-24+. The Morgan fingerprint density at radius 1 is 0.562 bits per heavy atom. The number of rotatable bonds is 27. The highest BCUT2D eigenvalue weighted by molar-refractivity contribution is 4.92. The minimum atomic E-state index is -0.0166. The molecular weight excluding hydrogens is 394 g/mol. The average molecular weight is 454 g/mol. The summed E-state index contributed by atoms with van der Waals surface area (Å²) >= 11 is 0. The summed E-state index contributed by atoms with van der Waals surface area (Å²) in [5, 5.41) is 21.1. The summed E-state index contributed by atoms with van der Waals surface area (Å²) in [4.78, 5) is 0. The van der Waals surface area contributed by atoms with Gasteiger partial charge in [-0.1, -0.05) is 147 Å². The van der Waals surface area contributed by atoms with Gasteiger partial charge in [0.05, 0.1) is 13.2 Å². The number of hydrogen-bond donors (Lipinski definition) is 3.